The number of nitrogens with zero attached hydrogens (tertiary/aromatic N) is 4. The van der Waals surface area contributed by atoms with Gasteiger partial charge >= 0.3 is 0 Å². The van der Waals surface area contributed by atoms with E-state index in [4.69, 9.17) is 39.5 Å². The van der Waals surface area contributed by atoms with Crippen molar-refractivity contribution in [2.75, 3.05) is 10.0 Å². The molecule has 2 N–H and O–H groups in total. The van der Waals surface area contributed by atoms with E-state index in [1.54, 1.807) is 24.4 Å². The van der Waals surface area contributed by atoms with Gasteiger partial charge in [0.15, 0.2) is 23.4 Å². The molecule has 14 heteroatoms. The van der Waals surface area contributed by atoms with Crippen LogP contribution in [0.2, 0.25) is 15.2 Å². The molecule has 180 valence electrons. The van der Waals surface area contributed by atoms with Gasteiger partial charge in [0.25, 0.3) is 15.9 Å². The molecule has 0 aliphatic rings. The molecule has 10 nitrogen and oxygen atoms in total. The number of carbonyl (C=O) groups excluding carboxylic acids is 1. The van der Waals surface area contributed by atoms with Crippen LogP contribution in [0.25, 0.3) is 0 Å². The number of benzene rings is 2. The molecule has 2 aromatic carbocycles. The number of amides is 1. The molecule has 0 saturated carbocycles. The first-order chi connectivity index (χ1) is 16.7. The summed E-state index contributed by atoms with van der Waals surface area (Å²) in [7, 11) is -3.91. The largest absolute Gasteiger partial charge is 0.470 e. The smallest absolute Gasteiger partial charge is 0.276 e. The highest BCUT2D eigenvalue weighted by molar-refractivity contribution is 7.92. The van der Waals surface area contributed by atoms with Gasteiger partial charge in [0.1, 0.15) is 5.75 Å². The molecular formula is C21H15Cl3N6O4S. The third-order valence-corrected chi connectivity index (χ3v) is 6.52. The molecule has 0 unspecified atom stereocenters. The summed E-state index contributed by atoms with van der Waals surface area (Å²) in [6.07, 6.45) is 1.57. The van der Waals surface area contributed by atoms with Crippen LogP contribution in [0.15, 0.2) is 71.8 Å². The molecule has 0 radical (unpaired) electrons. The van der Waals surface area contributed by atoms with Crippen molar-refractivity contribution in [2.24, 2.45) is 0 Å². The zero-order valence-corrected chi connectivity index (χ0v) is 20.6. The van der Waals surface area contributed by atoms with Crippen molar-refractivity contribution >= 4 is 62.2 Å². The molecule has 0 spiro atoms. The van der Waals surface area contributed by atoms with Gasteiger partial charge in [-0.3, -0.25) is 9.52 Å². The Balaban J connectivity index is 1.36. The monoisotopic (exact) mass is 552 g/mol. The van der Waals surface area contributed by atoms with Crippen LogP contribution in [0.5, 0.6) is 5.75 Å². The van der Waals surface area contributed by atoms with E-state index in [2.05, 4.69) is 25.3 Å². The summed E-state index contributed by atoms with van der Waals surface area (Å²) in [5.74, 6) is -0.0478. The predicted octanol–water partition coefficient (Wildman–Crippen LogP) is 4.72. The lowest BCUT2D eigenvalue weighted by Gasteiger charge is -2.09. The fourth-order valence-electron chi connectivity index (χ4n) is 2.76. The quantitative estimate of drug-likeness (QED) is 0.323. The van der Waals surface area contributed by atoms with Crippen LogP contribution in [-0.4, -0.2) is 34.3 Å². The Morgan fingerprint density at radius 1 is 0.971 bits per heavy atom. The van der Waals surface area contributed by atoms with E-state index in [0.29, 0.717) is 21.5 Å². The Labute approximate surface area is 214 Å². The molecule has 4 rings (SSSR count). The molecule has 1 amide bonds. The van der Waals surface area contributed by atoms with Crippen molar-refractivity contribution < 1.29 is 17.9 Å². The van der Waals surface area contributed by atoms with Gasteiger partial charge < -0.3 is 10.1 Å². The molecule has 2 aromatic heterocycles. The minimum absolute atomic E-state index is 0.0182. The van der Waals surface area contributed by atoms with Gasteiger partial charge in [-0.2, -0.15) is 5.10 Å². The second-order valence-electron chi connectivity index (χ2n) is 6.91. The van der Waals surface area contributed by atoms with Crippen molar-refractivity contribution in [3.8, 4) is 5.75 Å². The summed E-state index contributed by atoms with van der Waals surface area (Å²) in [4.78, 5) is 12.5. The van der Waals surface area contributed by atoms with E-state index in [1.807, 2.05) is 0 Å². The Morgan fingerprint density at radius 2 is 1.74 bits per heavy atom. The first kappa shape index (κ1) is 24.7. The molecule has 0 saturated heterocycles. The fourth-order valence-corrected chi connectivity index (χ4v) is 4.32. The van der Waals surface area contributed by atoms with Gasteiger partial charge in [0, 0.05) is 16.9 Å². The topological polar surface area (TPSA) is 128 Å². The molecule has 0 bridgehead atoms. The molecule has 4 aromatic rings. The number of anilines is 2. The number of sulfonamides is 1. The average Bonchev–Trinajstić information content (AvgIpc) is 3.30. The summed E-state index contributed by atoms with van der Waals surface area (Å²) in [5.41, 5.74) is 0.509. The van der Waals surface area contributed by atoms with Crippen LogP contribution in [0.3, 0.4) is 0 Å². The molecule has 0 aliphatic heterocycles. The zero-order valence-electron chi connectivity index (χ0n) is 17.5. The highest BCUT2D eigenvalue weighted by Gasteiger charge is 2.16. The lowest BCUT2D eigenvalue weighted by Crippen LogP contribution is -2.16. The van der Waals surface area contributed by atoms with E-state index in [-0.39, 0.29) is 28.3 Å². The third-order valence-electron chi connectivity index (χ3n) is 4.41. The summed E-state index contributed by atoms with van der Waals surface area (Å²) in [5, 5.41) is 15.0. The van der Waals surface area contributed by atoms with Gasteiger partial charge in [-0.25, -0.2) is 13.1 Å². The number of nitrogens with one attached hydrogen (secondary N) is 2. The van der Waals surface area contributed by atoms with Crippen LogP contribution >= 0.6 is 34.8 Å². The van der Waals surface area contributed by atoms with Gasteiger partial charge in [0.2, 0.25) is 0 Å². The van der Waals surface area contributed by atoms with Gasteiger partial charge in [-0.1, -0.05) is 34.8 Å². The summed E-state index contributed by atoms with van der Waals surface area (Å²) < 4.78 is 34.3. The van der Waals surface area contributed by atoms with Crippen molar-refractivity contribution in [2.45, 2.75) is 11.6 Å². The van der Waals surface area contributed by atoms with Crippen molar-refractivity contribution in [3.05, 3.63) is 87.8 Å². The lowest BCUT2D eigenvalue weighted by atomic mass is 10.3. The number of rotatable bonds is 8. The summed E-state index contributed by atoms with van der Waals surface area (Å²) in [6.45, 7) is 0.0200. The van der Waals surface area contributed by atoms with Crippen LogP contribution < -0.4 is 14.8 Å². The maximum atomic E-state index is 12.5. The lowest BCUT2D eigenvalue weighted by molar-refractivity contribution is 0.102. The third kappa shape index (κ3) is 6.40. The molecule has 35 heavy (non-hydrogen) atoms. The predicted molar refractivity (Wildman–Crippen MR) is 132 cm³/mol. The van der Waals surface area contributed by atoms with Gasteiger partial charge in [0.05, 0.1) is 9.92 Å². The second kappa shape index (κ2) is 10.5. The number of ether oxygens (including phenoxy) is 1. The van der Waals surface area contributed by atoms with Crippen molar-refractivity contribution in [1.29, 1.82) is 0 Å². The van der Waals surface area contributed by atoms with E-state index in [1.165, 1.54) is 47.1 Å². The Bertz CT molecular complexity index is 1460. The summed E-state index contributed by atoms with van der Waals surface area (Å²) >= 11 is 17.6. The SMILES string of the molecule is O=C(Nc1ccc(S(=O)(=O)Nc2ccc(Cl)nn2)cc1)c1ccn(COc2ccc(Cl)cc2Cl)n1. The molecule has 0 aliphatic carbocycles. The zero-order chi connectivity index (χ0) is 25.0. The van der Waals surface area contributed by atoms with Gasteiger partial charge in [-0.05, 0) is 60.7 Å². The van der Waals surface area contributed by atoms with E-state index in [0.717, 1.165) is 0 Å². The van der Waals surface area contributed by atoms with Crippen LogP contribution in [0.1, 0.15) is 10.5 Å². The van der Waals surface area contributed by atoms with Crippen LogP contribution in [0, 0.1) is 0 Å². The minimum Gasteiger partial charge on any atom is -0.470 e. The highest BCUT2D eigenvalue weighted by Crippen LogP contribution is 2.27. The molecule has 0 fully saturated rings. The molecular weight excluding hydrogens is 539 g/mol. The Hall–Kier alpha value is -3.38. The van der Waals surface area contributed by atoms with Gasteiger partial charge in [-0.15, -0.1) is 10.2 Å². The number of halogens is 3. The normalized spacial score (nSPS) is 11.2. The first-order valence-corrected chi connectivity index (χ1v) is 12.4. The Morgan fingerprint density at radius 3 is 2.43 bits per heavy atom. The van der Waals surface area contributed by atoms with Crippen LogP contribution in [0.4, 0.5) is 11.5 Å². The number of carbonyl (C=O) groups is 1. The Kier molecular flexibility index (Phi) is 7.41. The molecule has 2 heterocycles. The van der Waals surface area contributed by atoms with Crippen molar-refractivity contribution in [1.82, 2.24) is 20.0 Å². The standard InChI is InChI=1S/C21H15Cl3N6O4S/c22-13-1-6-18(16(23)11-13)34-12-30-10-9-17(28-30)21(31)25-14-2-4-15(5-3-14)35(32,33)29-20-8-7-19(24)26-27-20/h1-11H,12H2,(H,25,31)(H,27,29). The maximum absolute atomic E-state index is 12.5. The first-order valence-electron chi connectivity index (χ1n) is 9.74. The highest BCUT2D eigenvalue weighted by atomic mass is 35.5. The average molecular weight is 554 g/mol. The van der Waals surface area contributed by atoms with E-state index < -0.39 is 15.9 Å². The fraction of sp³-hybridized carbons (Fsp3) is 0.0476. The van der Waals surface area contributed by atoms with Crippen LogP contribution in [-0.2, 0) is 16.8 Å². The number of hydrogen-bond acceptors (Lipinski definition) is 7. The molecule has 0 atom stereocenters. The van der Waals surface area contributed by atoms with Crippen molar-refractivity contribution in [3.63, 3.8) is 0 Å². The second-order valence-corrected chi connectivity index (χ2v) is 9.83. The minimum atomic E-state index is -3.91. The maximum Gasteiger partial charge on any atom is 0.276 e. The summed E-state index contributed by atoms with van der Waals surface area (Å²) in [6, 6.07) is 14.7. The van der Waals surface area contributed by atoms with E-state index >= 15 is 0 Å². The number of aromatic nitrogens is 4. The number of hydrogen-bond donors (Lipinski definition) is 2. The van der Waals surface area contributed by atoms with E-state index in [9.17, 15) is 13.2 Å².